The molecule has 0 bridgehead atoms. The summed E-state index contributed by atoms with van der Waals surface area (Å²) in [5.74, 6) is -0.106. The smallest absolute Gasteiger partial charge is 0.243 e. The first-order valence-electron chi connectivity index (χ1n) is 11.1. The van der Waals surface area contributed by atoms with E-state index < -0.39 is 6.04 Å². The molecule has 1 saturated carbocycles. The number of carbonyl (C=O) groups excluding carboxylic acids is 2. The van der Waals surface area contributed by atoms with Crippen molar-refractivity contribution in [3.8, 4) is 0 Å². The summed E-state index contributed by atoms with van der Waals surface area (Å²) in [5, 5.41) is 4.08. The van der Waals surface area contributed by atoms with Gasteiger partial charge in [0.25, 0.3) is 0 Å². The standard InChI is InChI=1S/C25H30Cl2N2O2/c1-2-23(25(31)28-20-10-6-7-11-20)29(17-19-12-14-21(26)22(27)16-19)24(30)15-13-18-8-4-3-5-9-18/h3-5,8-9,12,14,16,20,23H,2,6-7,10-11,13,15,17H2,1H3,(H,28,31)/t23-/m0/s1. The van der Waals surface area contributed by atoms with Crippen LogP contribution in [-0.4, -0.2) is 28.8 Å². The van der Waals surface area contributed by atoms with Crippen LogP contribution in [0.5, 0.6) is 0 Å². The Balaban J connectivity index is 1.77. The average Bonchev–Trinajstić information content (AvgIpc) is 3.28. The van der Waals surface area contributed by atoms with Gasteiger partial charge < -0.3 is 10.2 Å². The zero-order valence-electron chi connectivity index (χ0n) is 17.9. The summed E-state index contributed by atoms with van der Waals surface area (Å²) < 4.78 is 0. The van der Waals surface area contributed by atoms with E-state index >= 15 is 0 Å². The van der Waals surface area contributed by atoms with Gasteiger partial charge in [0.15, 0.2) is 0 Å². The van der Waals surface area contributed by atoms with Crippen LogP contribution in [0, 0.1) is 0 Å². The molecule has 6 heteroatoms. The molecule has 0 aromatic heterocycles. The molecule has 1 aliphatic rings. The van der Waals surface area contributed by atoms with Gasteiger partial charge in [-0.2, -0.15) is 0 Å². The minimum atomic E-state index is -0.515. The molecule has 3 rings (SSSR count). The lowest BCUT2D eigenvalue weighted by Crippen LogP contribution is -2.51. The highest BCUT2D eigenvalue weighted by atomic mass is 35.5. The number of hydrogen-bond donors (Lipinski definition) is 1. The Morgan fingerprint density at radius 3 is 2.39 bits per heavy atom. The third-order valence-corrected chi connectivity index (χ3v) is 6.63. The normalized spacial score (nSPS) is 14.9. The number of nitrogens with one attached hydrogen (secondary N) is 1. The van der Waals surface area contributed by atoms with Gasteiger partial charge in [-0.25, -0.2) is 0 Å². The van der Waals surface area contributed by atoms with Gasteiger partial charge in [-0.05, 0) is 48.9 Å². The number of benzene rings is 2. The molecule has 1 N–H and O–H groups in total. The molecule has 1 atom stereocenters. The molecule has 2 aromatic carbocycles. The maximum Gasteiger partial charge on any atom is 0.243 e. The number of amides is 2. The van der Waals surface area contributed by atoms with Crippen molar-refractivity contribution in [2.75, 3.05) is 0 Å². The first kappa shape index (κ1) is 23.6. The van der Waals surface area contributed by atoms with E-state index in [0.29, 0.717) is 35.9 Å². The average molecular weight is 461 g/mol. The second kappa shape index (κ2) is 11.5. The zero-order valence-corrected chi connectivity index (χ0v) is 19.5. The lowest BCUT2D eigenvalue weighted by molar-refractivity contribution is -0.141. The highest BCUT2D eigenvalue weighted by molar-refractivity contribution is 6.42. The fourth-order valence-corrected chi connectivity index (χ4v) is 4.48. The van der Waals surface area contributed by atoms with Crippen LogP contribution < -0.4 is 5.32 Å². The summed E-state index contributed by atoms with van der Waals surface area (Å²) in [6.45, 7) is 2.27. The van der Waals surface area contributed by atoms with Crippen molar-refractivity contribution in [2.24, 2.45) is 0 Å². The van der Waals surface area contributed by atoms with Gasteiger partial charge in [0, 0.05) is 19.0 Å². The van der Waals surface area contributed by atoms with Crippen LogP contribution in [0.3, 0.4) is 0 Å². The monoisotopic (exact) mass is 460 g/mol. The third-order valence-electron chi connectivity index (χ3n) is 5.89. The Hall–Kier alpha value is -2.04. The predicted molar refractivity (Wildman–Crippen MR) is 126 cm³/mol. The van der Waals surface area contributed by atoms with E-state index in [1.807, 2.05) is 43.3 Å². The summed E-state index contributed by atoms with van der Waals surface area (Å²) >= 11 is 12.2. The molecule has 166 valence electrons. The second-order valence-corrected chi connectivity index (χ2v) is 8.98. The van der Waals surface area contributed by atoms with Gasteiger partial charge in [0.1, 0.15) is 6.04 Å². The summed E-state index contributed by atoms with van der Waals surface area (Å²) in [7, 11) is 0. The molecule has 0 unspecified atom stereocenters. The van der Waals surface area contributed by atoms with Gasteiger partial charge in [-0.3, -0.25) is 9.59 Å². The Morgan fingerprint density at radius 2 is 1.74 bits per heavy atom. The van der Waals surface area contributed by atoms with Crippen LogP contribution in [0.2, 0.25) is 10.0 Å². The van der Waals surface area contributed by atoms with Crippen molar-refractivity contribution >= 4 is 35.0 Å². The topological polar surface area (TPSA) is 49.4 Å². The Morgan fingerprint density at radius 1 is 1.03 bits per heavy atom. The SMILES string of the molecule is CC[C@@H](C(=O)NC1CCCC1)N(Cc1ccc(Cl)c(Cl)c1)C(=O)CCc1ccccc1. The lowest BCUT2D eigenvalue weighted by atomic mass is 10.1. The number of hydrogen-bond acceptors (Lipinski definition) is 2. The first-order chi connectivity index (χ1) is 15.0. The van der Waals surface area contributed by atoms with Crippen molar-refractivity contribution in [1.29, 1.82) is 0 Å². The van der Waals surface area contributed by atoms with E-state index in [-0.39, 0.29) is 17.9 Å². The number of rotatable bonds is 9. The van der Waals surface area contributed by atoms with Gasteiger partial charge in [0.05, 0.1) is 10.0 Å². The van der Waals surface area contributed by atoms with Crippen molar-refractivity contribution < 1.29 is 9.59 Å². The molecule has 0 radical (unpaired) electrons. The summed E-state index contributed by atoms with van der Waals surface area (Å²) in [4.78, 5) is 28.1. The van der Waals surface area contributed by atoms with Crippen molar-refractivity contribution in [3.63, 3.8) is 0 Å². The van der Waals surface area contributed by atoms with Gasteiger partial charge in [-0.1, -0.05) is 79.4 Å². The molecule has 1 aliphatic carbocycles. The van der Waals surface area contributed by atoms with E-state index in [9.17, 15) is 9.59 Å². The molecule has 0 saturated heterocycles. The van der Waals surface area contributed by atoms with E-state index in [1.54, 1.807) is 17.0 Å². The number of aryl methyl sites for hydroxylation is 1. The molecular weight excluding hydrogens is 431 g/mol. The quantitative estimate of drug-likeness (QED) is 0.514. The molecule has 0 spiro atoms. The number of carbonyl (C=O) groups is 2. The van der Waals surface area contributed by atoms with E-state index in [0.717, 1.165) is 36.8 Å². The largest absolute Gasteiger partial charge is 0.352 e. The van der Waals surface area contributed by atoms with Gasteiger partial charge >= 0.3 is 0 Å². The molecule has 0 heterocycles. The minimum absolute atomic E-state index is 0.0386. The maximum atomic E-state index is 13.3. The fourth-order valence-electron chi connectivity index (χ4n) is 4.16. The summed E-state index contributed by atoms with van der Waals surface area (Å²) in [6.07, 6.45) is 5.84. The van der Waals surface area contributed by atoms with Crippen LogP contribution >= 0.6 is 23.2 Å². The van der Waals surface area contributed by atoms with E-state index in [2.05, 4.69) is 5.32 Å². The highest BCUT2D eigenvalue weighted by Gasteiger charge is 2.30. The predicted octanol–water partition coefficient (Wildman–Crippen LogP) is 5.79. The second-order valence-electron chi connectivity index (χ2n) is 8.17. The highest BCUT2D eigenvalue weighted by Crippen LogP contribution is 2.25. The van der Waals surface area contributed by atoms with Crippen molar-refractivity contribution in [1.82, 2.24) is 10.2 Å². The van der Waals surface area contributed by atoms with Crippen molar-refractivity contribution in [2.45, 2.75) is 70.5 Å². The zero-order chi connectivity index (χ0) is 22.2. The van der Waals surface area contributed by atoms with Crippen LogP contribution in [0.15, 0.2) is 48.5 Å². The summed E-state index contributed by atoms with van der Waals surface area (Å²) in [6, 6.07) is 15.0. The van der Waals surface area contributed by atoms with Crippen LogP contribution in [0.4, 0.5) is 0 Å². The molecule has 1 fully saturated rings. The fraction of sp³-hybridized carbons (Fsp3) is 0.440. The Bertz CT molecular complexity index is 882. The van der Waals surface area contributed by atoms with E-state index in [4.69, 9.17) is 23.2 Å². The molecular formula is C25H30Cl2N2O2. The number of nitrogens with zero attached hydrogens (tertiary/aromatic N) is 1. The van der Waals surface area contributed by atoms with Crippen molar-refractivity contribution in [3.05, 3.63) is 69.7 Å². The maximum absolute atomic E-state index is 13.3. The Kier molecular flexibility index (Phi) is 8.79. The number of halogens is 2. The molecule has 2 aromatic rings. The van der Waals surface area contributed by atoms with Gasteiger partial charge in [-0.15, -0.1) is 0 Å². The molecule has 0 aliphatic heterocycles. The third kappa shape index (κ3) is 6.72. The van der Waals surface area contributed by atoms with Crippen LogP contribution in [0.25, 0.3) is 0 Å². The molecule has 2 amide bonds. The lowest BCUT2D eigenvalue weighted by Gasteiger charge is -2.31. The molecule has 31 heavy (non-hydrogen) atoms. The van der Waals surface area contributed by atoms with Gasteiger partial charge in [0.2, 0.25) is 11.8 Å². The first-order valence-corrected chi connectivity index (χ1v) is 11.8. The molecule has 4 nitrogen and oxygen atoms in total. The van der Waals surface area contributed by atoms with Crippen LogP contribution in [-0.2, 0) is 22.6 Å². The summed E-state index contributed by atoms with van der Waals surface area (Å²) in [5.41, 5.74) is 1.96. The van der Waals surface area contributed by atoms with E-state index in [1.165, 1.54) is 0 Å². The van der Waals surface area contributed by atoms with Crippen LogP contribution in [0.1, 0.15) is 56.6 Å². The minimum Gasteiger partial charge on any atom is -0.352 e. The Labute approximate surface area is 194 Å².